The molecule has 0 aliphatic carbocycles. The molecule has 0 fully saturated rings. The monoisotopic (exact) mass is 224 g/mol. The maximum Gasteiger partial charge on any atom is 0.233 e. The second kappa shape index (κ2) is 3.51. The van der Waals surface area contributed by atoms with E-state index in [4.69, 9.17) is 0 Å². The summed E-state index contributed by atoms with van der Waals surface area (Å²) < 4.78 is 23.8. The maximum absolute atomic E-state index is 11.8. The van der Waals surface area contributed by atoms with E-state index in [1.165, 1.54) is 18.3 Å². The standard InChI is InChI=1S/C9H6NO2S2/c11-14(12,9-10-6-7-13-9)8-4-2-1-3-5-8/h2-7H. The van der Waals surface area contributed by atoms with E-state index in [9.17, 15) is 8.42 Å². The molecule has 0 N–H and O–H groups in total. The molecule has 0 aliphatic rings. The molecule has 0 unspecified atom stereocenters. The van der Waals surface area contributed by atoms with E-state index in [0.717, 1.165) is 11.3 Å². The highest BCUT2D eigenvalue weighted by Crippen LogP contribution is 2.21. The highest BCUT2D eigenvalue weighted by molar-refractivity contribution is 7.93. The van der Waals surface area contributed by atoms with E-state index in [2.05, 4.69) is 11.1 Å². The molecule has 0 saturated heterocycles. The molecule has 0 aliphatic heterocycles. The van der Waals surface area contributed by atoms with Gasteiger partial charge >= 0.3 is 0 Å². The first-order valence-electron chi connectivity index (χ1n) is 3.82. The molecule has 0 atom stereocenters. The second-order valence-corrected chi connectivity index (χ2v) is 5.56. The van der Waals surface area contributed by atoms with Crippen LogP contribution in [0.3, 0.4) is 0 Å². The third kappa shape index (κ3) is 1.56. The van der Waals surface area contributed by atoms with E-state index >= 15 is 0 Å². The number of aromatic nitrogens is 1. The van der Waals surface area contributed by atoms with Gasteiger partial charge in [-0.25, -0.2) is 13.4 Å². The van der Waals surface area contributed by atoms with Crippen molar-refractivity contribution in [1.29, 1.82) is 0 Å². The topological polar surface area (TPSA) is 47.0 Å². The Morgan fingerprint density at radius 3 is 2.57 bits per heavy atom. The number of sulfone groups is 1. The van der Waals surface area contributed by atoms with Gasteiger partial charge in [0.15, 0.2) is 0 Å². The summed E-state index contributed by atoms with van der Waals surface area (Å²) in [5, 5.41) is 1.64. The summed E-state index contributed by atoms with van der Waals surface area (Å²) in [5.74, 6) is 0. The molecule has 0 bridgehead atoms. The lowest BCUT2D eigenvalue weighted by atomic mass is 10.4. The predicted molar refractivity (Wildman–Crippen MR) is 52.8 cm³/mol. The molecule has 0 amide bonds. The van der Waals surface area contributed by atoms with Crippen LogP contribution in [-0.2, 0) is 9.84 Å². The molecular weight excluding hydrogens is 218 g/mol. The number of rotatable bonds is 2. The smallest absolute Gasteiger partial charge is 0.233 e. The first-order chi connectivity index (χ1) is 6.71. The molecule has 3 nitrogen and oxygen atoms in total. The molecule has 1 aromatic heterocycles. The van der Waals surface area contributed by atoms with Gasteiger partial charge in [-0.1, -0.05) is 12.1 Å². The van der Waals surface area contributed by atoms with E-state index in [-0.39, 0.29) is 9.24 Å². The van der Waals surface area contributed by atoms with E-state index in [1.807, 2.05) is 0 Å². The third-order valence-corrected chi connectivity index (χ3v) is 4.61. The molecule has 14 heavy (non-hydrogen) atoms. The third-order valence-electron chi connectivity index (χ3n) is 1.64. The van der Waals surface area contributed by atoms with Gasteiger partial charge in [0.05, 0.1) is 4.90 Å². The zero-order valence-corrected chi connectivity index (χ0v) is 8.68. The molecule has 0 saturated carbocycles. The molecule has 71 valence electrons. The number of hydrogen-bond acceptors (Lipinski definition) is 4. The summed E-state index contributed by atoms with van der Waals surface area (Å²) in [5.41, 5.74) is 0. The Morgan fingerprint density at radius 1 is 1.29 bits per heavy atom. The minimum absolute atomic E-state index is 0.128. The highest BCUT2D eigenvalue weighted by Gasteiger charge is 2.19. The largest absolute Gasteiger partial charge is 0.233 e. The summed E-state index contributed by atoms with van der Waals surface area (Å²) in [6, 6.07) is 8.93. The summed E-state index contributed by atoms with van der Waals surface area (Å²) in [7, 11) is -3.41. The average molecular weight is 224 g/mol. The summed E-state index contributed by atoms with van der Waals surface area (Å²) in [6.07, 6.45) is 1.48. The van der Waals surface area contributed by atoms with Crippen LogP contribution >= 0.6 is 11.3 Å². The van der Waals surface area contributed by atoms with Crippen LogP contribution < -0.4 is 0 Å². The summed E-state index contributed by atoms with van der Waals surface area (Å²) in [6.45, 7) is 0. The average Bonchev–Trinajstić information content (AvgIpc) is 2.72. The van der Waals surface area contributed by atoms with Crippen molar-refractivity contribution in [2.24, 2.45) is 0 Å². The molecule has 1 heterocycles. The van der Waals surface area contributed by atoms with E-state index < -0.39 is 9.84 Å². The lowest BCUT2D eigenvalue weighted by molar-refractivity contribution is 0.595. The number of thiazole rings is 1. The van der Waals surface area contributed by atoms with Gasteiger partial charge < -0.3 is 0 Å². The molecule has 5 heteroatoms. The molecule has 1 aromatic carbocycles. The van der Waals surface area contributed by atoms with Gasteiger partial charge in [-0.05, 0) is 18.2 Å². The Balaban J connectivity index is 2.55. The number of benzene rings is 1. The van der Waals surface area contributed by atoms with Crippen LogP contribution in [-0.4, -0.2) is 13.4 Å². The van der Waals surface area contributed by atoms with Crippen molar-refractivity contribution in [3.8, 4) is 0 Å². The summed E-state index contributed by atoms with van der Waals surface area (Å²) >= 11 is 1.12. The summed E-state index contributed by atoms with van der Waals surface area (Å²) in [4.78, 5) is 4.04. The van der Waals surface area contributed by atoms with Gasteiger partial charge in [-0.2, -0.15) is 0 Å². The molecule has 2 aromatic rings. The zero-order chi connectivity index (χ0) is 10.0. The zero-order valence-electron chi connectivity index (χ0n) is 7.04. The van der Waals surface area contributed by atoms with Crippen LogP contribution in [0.2, 0.25) is 0 Å². The Morgan fingerprint density at radius 2 is 2.00 bits per heavy atom. The van der Waals surface area contributed by atoms with Crippen molar-refractivity contribution in [1.82, 2.24) is 4.98 Å². The number of nitrogens with zero attached hydrogens (tertiary/aromatic N) is 1. The van der Waals surface area contributed by atoms with Gasteiger partial charge in [0.2, 0.25) is 14.2 Å². The molecule has 0 spiro atoms. The van der Waals surface area contributed by atoms with Crippen molar-refractivity contribution in [2.75, 3.05) is 0 Å². The van der Waals surface area contributed by atoms with Crippen LogP contribution in [0.1, 0.15) is 0 Å². The predicted octanol–water partition coefficient (Wildman–Crippen LogP) is 1.78. The van der Waals surface area contributed by atoms with E-state index in [1.54, 1.807) is 17.5 Å². The minimum Gasteiger partial charge on any atom is -0.233 e. The highest BCUT2D eigenvalue weighted by atomic mass is 32.2. The van der Waals surface area contributed by atoms with Gasteiger partial charge in [0.25, 0.3) is 0 Å². The minimum atomic E-state index is -3.41. The SMILES string of the molecule is O=S(=O)(c1cc[c]cc1)c1nccs1. The lowest BCUT2D eigenvalue weighted by Crippen LogP contribution is -2.00. The maximum atomic E-state index is 11.8. The van der Waals surface area contributed by atoms with Crippen molar-refractivity contribution in [2.45, 2.75) is 9.24 Å². The first kappa shape index (κ1) is 9.36. The van der Waals surface area contributed by atoms with Crippen LogP contribution in [0.5, 0.6) is 0 Å². The van der Waals surface area contributed by atoms with Crippen LogP contribution in [0.25, 0.3) is 0 Å². The van der Waals surface area contributed by atoms with Gasteiger partial charge in [-0.3, -0.25) is 0 Å². The first-order valence-corrected chi connectivity index (χ1v) is 6.18. The fraction of sp³-hybridized carbons (Fsp3) is 0. The Hall–Kier alpha value is -1.20. The van der Waals surface area contributed by atoms with Gasteiger partial charge in [0.1, 0.15) is 0 Å². The quantitative estimate of drug-likeness (QED) is 0.781. The Labute approximate surface area is 86.0 Å². The Kier molecular flexibility index (Phi) is 2.35. The van der Waals surface area contributed by atoms with Crippen LogP contribution in [0.4, 0.5) is 0 Å². The second-order valence-electron chi connectivity index (χ2n) is 2.54. The fourth-order valence-corrected chi connectivity index (χ4v) is 3.21. The normalized spacial score (nSPS) is 11.4. The Bertz CT molecular complexity index is 503. The van der Waals surface area contributed by atoms with E-state index in [0.29, 0.717) is 0 Å². The van der Waals surface area contributed by atoms with Crippen molar-refractivity contribution in [3.05, 3.63) is 41.9 Å². The lowest BCUT2D eigenvalue weighted by Gasteiger charge is -1.98. The number of hydrogen-bond donors (Lipinski definition) is 0. The van der Waals surface area contributed by atoms with Crippen molar-refractivity contribution in [3.63, 3.8) is 0 Å². The van der Waals surface area contributed by atoms with Crippen LogP contribution in [0.15, 0.2) is 45.1 Å². The molecular formula is C9H6NO2S2. The van der Waals surface area contributed by atoms with Crippen molar-refractivity contribution >= 4 is 21.2 Å². The molecule has 2 rings (SSSR count). The van der Waals surface area contributed by atoms with Crippen LogP contribution in [0, 0.1) is 6.07 Å². The van der Waals surface area contributed by atoms with Gasteiger partial charge in [0, 0.05) is 11.6 Å². The van der Waals surface area contributed by atoms with Gasteiger partial charge in [-0.15, -0.1) is 11.3 Å². The van der Waals surface area contributed by atoms with Crippen molar-refractivity contribution < 1.29 is 8.42 Å². The fourth-order valence-electron chi connectivity index (χ4n) is 0.995. The molecule has 1 radical (unpaired) electrons.